The number of ether oxygens (including phenoxy) is 2. The molecule has 2 rings (SSSR count). The molecule has 2 heterocycles. The molecule has 2 fully saturated rings. The molecule has 8 nitrogen and oxygen atoms in total. The van der Waals surface area contributed by atoms with Crippen LogP contribution in [0.1, 0.15) is 33.6 Å². The van der Waals surface area contributed by atoms with Crippen LogP contribution in [-0.4, -0.2) is 99.9 Å². The van der Waals surface area contributed by atoms with E-state index in [0.717, 1.165) is 84.5 Å². The molecule has 0 radical (unpaired) electrons. The van der Waals surface area contributed by atoms with Crippen LogP contribution in [0.3, 0.4) is 0 Å². The average Bonchev–Trinajstić information content (AvgIpc) is 3.17. The van der Waals surface area contributed by atoms with Crippen molar-refractivity contribution in [3.05, 3.63) is 0 Å². The molecule has 28 heavy (non-hydrogen) atoms. The summed E-state index contributed by atoms with van der Waals surface area (Å²) in [6.45, 7) is 15.0. The number of hydrogen-bond donors (Lipinski definition) is 2. The van der Waals surface area contributed by atoms with Gasteiger partial charge in [-0.25, -0.2) is 0 Å². The minimum absolute atomic E-state index is 0.105. The van der Waals surface area contributed by atoms with Crippen LogP contribution < -0.4 is 10.6 Å². The molecule has 2 aliphatic rings. The van der Waals surface area contributed by atoms with Crippen molar-refractivity contribution in [1.29, 1.82) is 0 Å². The maximum atomic E-state index is 11.9. The Labute approximate surface area is 170 Å². The van der Waals surface area contributed by atoms with Crippen LogP contribution in [0.4, 0.5) is 0 Å². The first kappa shape index (κ1) is 22.9. The molecule has 0 saturated carbocycles. The lowest BCUT2D eigenvalue weighted by Crippen LogP contribution is -2.54. The van der Waals surface area contributed by atoms with Crippen molar-refractivity contribution in [2.24, 2.45) is 10.9 Å². The van der Waals surface area contributed by atoms with Gasteiger partial charge in [0.25, 0.3) is 0 Å². The summed E-state index contributed by atoms with van der Waals surface area (Å²) in [6, 6.07) is 0.191. The van der Waals surface area contributed by atoms with Gasteiger partial charge >= 0.3 is 0 Å². The summed E-state index contributed by atoms with van der Waals surface area (Å²) in [5, 5.41) is 6.35. The lowest BCUT2D eigenvalue weighted by Gasteiger charge is -2.36. The predicted molar refractivity (Wildman–Crippen MR) is 112 cm³/mol. The largest absolute Gasteiger partial charge is 0.381 e. The first-order valence-electron chi connectivity index (χ1n) is 10.8. The third kappa shape index (κ3) is 8.75. The van der Waals surface area contributed by atoms with Crippen LogP contribution in [-0.2, 0) is 14.3 Å². The van der Waals surface area contributed by atoms with Gasteiger partial charge in [0, 0.05) is 64.4 Å². The molecule has 2 N–H and O–H groups in total. The second-order valence-corrected chi connectivity index (χ2v) is 7.88. The van der Waals surface area contributed by atoms with Crippen molar-refractivity contribution in [2.45, 2.75) is 39.7 Å². The van der Waals surface area contributed by atoms with E-state index < -0.39 is 0 Å². The van der Waals surface area contributed by atoms with Crippen molar-refractivity contribution < 1.29 is 14.3 Å². The highest BCUT2D eigenvalue weighted by Crippen LogP contribution is 2.12. The molecular formula is C20H39N5O3. The van der Waals surface area contributed by atoms with Crippen molar-refractivity contribution in [3.8, 4) is 0 Å². The second-order valence-electron chi connectivity index (χ2n) is 7.88. The summed E-state index contributed by atoms with van der Waals surface area (Å²) in [5.74, 6) is 1.64. The summed E-state index contributed by atoms with van der Waals surface area (Å²) >= 11 is 0. The number of nitrogens with zero attached hydrogens (tertiary/aromatic N) is 3. The molecular weight excluding hydrogens is 358 g/mol. The highest BCUT2D eigenvalue weighted by atomic mass is 16.5. The molecule has 2 saturated heterocycles. The molecule has 1 amide bonds. The number of guanidine groups is 1. The number of nitrogens with one attached hydrogen (secondary N) is 2. The van der Waals surface area contributed by atoms with E-state index in [1.54, 1.807) is 0 Å². The fraction of sp³-hybridized carbons (Fsp3) is 0.900. The second kappa shape index (κ2) is 13.0. The van der Waals surface area contributed by atoms with Gasteiger partial charge in [0.15, 0.2) is 5.96 Å². The van der Waals surface area contributed by atoms with Gasteiger partial charge in [0.2, 0.25) is 5.91 Å². The molecule has 0 aromatic rings. The standard InChI is InChI=1S/C20H39N5O3/c1-4-21-20(22-7-5-12-27-15-18-6-13-28-16-18)25-10-8-24(9-11-25)14-19(26)23-17(2)3/h17-18H,4-16H2,1-3H3,(H,21,22)(H,23,26). The third-order valence-electron chi connectivity index (χ3n) is 4.91. The number of rotatable bonds is 10. The maximum absolute atomic E-state index is 11.9. The van der Waals surface area contributed by atoms with E-state index >= 15 is 0 Å². The Morgan fingerprint density at radius 2 is 2.07 bits per heavy atom. The Morgan fingerprint density at radius 1 is 1.29 bits per heavy atom. The molecule has 2 aliphatic heterocycles. The molecule has 0 bridgehead atoms. The van der Waals surface area contributed by atoms with Crippen LogP contribution >= 0.6 is 0 Å². The van der Waals surface area contributed by atoms with Gasteiger partial charge in [0.05, 0.1) is 19.8 Å². The molecule has 0 aromatic carbocycles. The van der Waals surface area contributed by atoms with Gasteiger partial charge in [-0.15, -0.1) is 0 Å². The Kier molecular flexibility index (Phi) is 10.6. The van der Waals surface area contributed by atoms with Crippen molar-refractivity contribution in [2.75, 3.05) is 72.2 Å². The maximum Gasteiger partial charge on any atom is 0.234 e. The summed E-state index contributed by atoms with van der Waals surface area (Å²) < 4.78 is 11.1. The van der Waals surface area contributed by atoms with Crippen molar-refractivity contribution >= 4 is 11.9 Å². The Hall–Kier alpha value is -1.38. The smallest absolute Gasteiger partial charge is 0.234 e. The lowest BCUT2D eigenvalue weighted by atomic mass is 10.1. The zero-order valence-electron chi connectivity index (χ0n) is 17.9. The first-order valence-corrected chi connectivity index (χ1v) is 10.8. The van der Waals surface area contributed by atoms with Gasteiger partial charge in [-0.05, 0) is 33.6 Å². The van der Waals surface area contributed by atoms with Crippen molar-refractivity contribution in [3.63, 3.8) is 0 Å². The quantitative estimate of drug-likeness (QED) is 0.318. The highest BCUT2D eigenvalue weighted by molar-refractivity contribution is 5.80. The van der Waals surface area contributed by atoms with Gasteiger partial charge < -0.3 is 25.0 Å². The van der Waals surface area contributed by atoms with Crippen LogP contribution in [0.25, 0.3) is 0 Å². The molecule has 0 aromatic heterocycles. The summed E-state index contributed by atoms with van der Waals surface area (Å²) in [4.78, 5) is 21.2. The number of hydrogen-bond acceptors (Lipinski definition) is 5. The van der Waals surface area contributed by atoms with Crippen LogP contribution in [0.2, 0.25) is 0 Å². The minimum Gasteiger partial charge on any atom is -0.381 e. The summed E-state index contributed by atoms with van der Waals surface area (Å²) in [7, 11) is 0. The molecule has 1 unspecified atom stereocenters. The van der Waals surface area contributed by atoms with Crippen molar-refractivity contribution in [1.82, 2.24) is 20.4 Å². The summed E-state index contributed by atoms with van der Waals surface area (Å²) in [5.41, 5.74) is 0. The molecule has 0 aliphatic carbocycles. The Balaban J connectivity index is 1.65. The zero-order valence-corrected chi connectivity index (χ0v) is 17.9. The van der Waals surface area contributed by atoms with E-state index in [2.05, 4.69) is 27.4 Å². The third-order valence-corrected chi connectivity index (χ3v) is 4.91. The molecule has 0 spiro atoms. The van der Waals surface area contributed by atoms with Gasteiger partial charge in [0.1, 0.15) is 0 Å². The van der Waals surface area contributed by atoms with Gasteiger partial charge in [-0.3, -0.25) is 14.7 Å². The number of piperazine rings is 1. The topological polar surface area (TPSA) is 78.4 Å². The van der Waals surface area contributed by atoms with Crippen LogP contribution in [0.5, 0.6) is 0 Å². The van der Waals surface area contributed by atoms with E-state index in [1.165, 1.54) is 0 Å². The summed E-state index contributed by atoms with van der Waals surface area (Å²) in [6.07, 6.45) is 2.05. The Bertz CT molecular complexity index is 472. The van der Waals surface area contributed by atoms with E-state index in [4.69, 9.17) is 14.5 Å². The molecule has 1 atom stereocenters. The molecule has 8 heteroatoms. The fourth-order valence-corrected chi connectivity index (χ4v) is 3.43. The number of carbonyl (C=O) groups excluding carboxylic acids is 1. The monoisotopic (exact) mass is 397 g/mol. The van der Waals surface area contributed by atoms with Gasteiger partial charge in [-0.1, -0.05) is 0 Å². The van der Waals surface area contributed by atoms with E-state index in [0.29, 0.717) is 12.5 Å². The van der Waals surface area contributed by atoms with Crippen LogP contribution in [0.15, 0.2) is 4.99 Å². The number of aliphatic imine (C=N–C) groups is 1. The van der Waals surface area contributed by atoms with Gasteiger partial charge in [-0.2, -0.15) is 0 Å². The first-order chi connectivity index (χ1) is 13.6. The zero-order chi connectivity index (χ0) is 20.2. The molecule has 162 valence electrons. The van der Waals surface area contributed by atoms with E-state index in [9.17, 15) is 4.79 Å². The highest BCUT2D eigenvalue weighted by Gasteiger charge is 2.21. The predicted octanol–water partition coefficient (Wildman–Crippen LogP) is 0.537. The van der Waals surface area contributed by atoms with E-state index in [-0.39, 0.29) is 11.9 Å². The average molecular weight is 398 g/mol. The number of carbonyl (C=O) groups is 1. The minimum atomic E-state index is 0.105. The lowest BCUT2D eigenvalue weighted by molar-refractivity contribution is -0.123. The Morgan fingerprint density at radius 3 is 2.71 bits per heavy atom. The fourth-order valence-electron chi connectivity index (χ4n) is 3.43. The van der Waals surface area contributed by atoms with E-state index in [1.807, 2.05) is 13.8 Å². The number of amides is 1. The SMILES string of the molecule is CCNC(=NCCCOCC1CCOC1)N1CCN(CC(=O)NC(C)C)CC1. The normalized spacial score (nSPS) is 21.4. The van der Waals surface area contributed by atoms with Crippen LogP contribution in [0, 0.1) is 5.92 Å².